The molecule has 1 aliphatic heterocycles. The number of ether oxygens (including phenoxy) is 1. The summed E-state index contributed by atoms with van der Waals surface area (Å²) in [6.07, 6.45) is 1.87. The van der Waals surface area contributed by atoms with Crippen LogP contribution in [0.15, 0.2) is 24.3 Å². The maximum atomic E-state index is 9.59. The number of hydrogen-bond acceptors (Lipinski definition) is 4. The predicted octanol–water partition coefficient (Wildman–Crippen LogP) is 1.79. The Bertz CT molecular complexity index is 479. The molecule has 4 nitrogen and oxygen atoms in total. The third-order valence-corrected chi connectivity index (χ3v) is 4.23. The van der Waals surface area contributed by atoms with Gasteiger partial charge in [0.1, 0.15) is 10.7 Å². The van der Waals surface area contributed by atoms with Crippen molar-refractivity contribution in [2.24, 2.45) is 11.7 Å². The van der Waals surface area contributed by atoms with Gasteiger partial charge in [-0.3, -0.25) is 0 Å². The predicted molar refractivity (Wildman–Crippen MR) is 88.7 cm³/mol. The van der Waals surface area contributed by atoms with Crippen LogP contribution in [-0.2, 0) is 0 Å². The number of thiocarbonyl (C=S) groups is 1. The number of nitrogens with zero attached hydrogens (tertiary/aromatic N) is 1. The van der Waals surface area contributed by atoms with Crippen LogP contribution in [0.5, 0.6) is 5.75 Å². The Morgan fingerprint density at radius 2 is 2.38 bits per heavy atom. The Hall–Kier alpha value is -1.17. The van der Waals surface area contributed by atoms with E-state index in [9.17, 15) is 5.11 Å². The molecule has 1 heterocycles. The molecule has 2 atom stereocenters. The topological polar surface area (TPSA) is 58.7 Å². The molecule has 0 bridgehead atoms. The van der Waals surface area contributed by atoms with E-state index in [0.29, 0.717) is 17.5 Å². The highest BCUT2D eigenvalue weighted by Crippen LogP contribution is 2.19. The van der Waals surface area contributed by atoms with Gasteiger partial charge in [0.2, 0.25) is 0 Å². The zero-order valence-electron chi connectivity index (χ0n) is 12.5. The second-order valence-electron chi connectivity index (χ2n) is 5.68. The van der Waals surface area contributed by atoms with Crippen molar-refractivity contribution in [3.8, 4) is 5.75 Å². The number of aliphatic hydroxyl groups is 1. The summed E-state index contributed by atoms with van der Waals surface area (Å²) in [7, 11) is 0. The quantitative estimate of drug-likeness (QED) is 0.594. The molecule has 1 aromatic rings. The van der Waals surface area contributed by atoms with Gasteiger partial charge >= 0.3 is 0 Å². The van der Waals surface area contributed by atoms with Crippen molar-refractivity contribution in [2.45, 2.75) is 25.9 Å². The van der Waals surface area contributed by atoms with Gasteiger partial charge in [0, 0.05) is 18.7 Å². The lowest BCUT2D eigenvalue weighted by Gasteiger charge is -2.17. The zero-order valence-corrected chi connectivity index (χ0v) is 13.3. The highest BCUT2D eigenvalue weighted by atomic mass is 32.1. The van der Waals surface area contributed by atoms with Crippen molar-refractivity contribution in [3.05, 3.63) is 29.8 Å². The average Bonchev–Trinajstić information content (AvgIpc) is 2.93. The minimum absolute atomic E-state index is 0.200. The van der Waals surface area contributed by atoms with E-state index in [-0.39, 0.29) is 6.10 Å². The van der Waals surface area contributed by atoms with Crippen molar-refractivity contribution in [2.75, 3.05) is 26.2 Å². The SMILES string of the molecule is CC(O)C1CCN(CCCOc2cccc(C(N)=S)c2)C1. The number of benzene rings is 1. The van der Waals surface area contributed by atoms with E-state index in [4.69, 9.17) is 22.7 Å². The monoisotopic (exact) mass is 308 g/mol. The van der Waals surface area contributed by atoms with Crippen LogP contribution in [0.25, 0.3) is 0 Å². The maximum Gasteiger partial charge on any atom is 0.119 e. The molecule has 1 saturated heterocycles. The first-order valence-electron chi connectivity index (χ1n) is 7.49. The Labute approximate surface area is 131 Å². The average molecular weight is 308 g/mol. The number of rotatable bonds is 7. The van der Waals surface area contributed by atoms with Crippen LogP contribution in [0, 0.1) is 5.92 Å². The van der Waals surface area contributed by atoms with Gasteiger partial charge in [-0.2, -0.15) is 0 Å². The van der Waals surface area contributed by atoms with Gasteiger partial charge in [-0.05, 0) is 44.4 Å². The summed E-state index contributed by atoms with van der Waals surface area (Å²) in [6, 6.07) is 7.58. The van der Waals surface area contributed by atoms with Crippen LogP contribution in [0.4, 0.5) is 0 Å². The van der Waals surface area contributed by atoms with Gasteiger partial charge in [0.25, 0.3) is 0 Å². The largest absolute Gasteiger partial charge is 0.494 e. The van der Waals surface area contributed by atoms with Crippen LogP contribution >= 0.6 is 12.2 Å². The molecule has 0 saturated carbocycles. The number of aliphatic hydroxyl groups excluding tert-OH is 1. The molecule has 2 unspecified atom stereocenters. The molecule has 1 aromatic carbocycles. The molecular weight excluding hydrogens is 284 g/mol. The molecular formula is C16H24N2O2S. The summed E-state index contributed by atoms with van der Waals surface area (Å²) >= 11 is 4.96. The number of likely N-dealkylation sites (tertiary alicyclic amines) is 1. The maximum absolute atomic E-state index is 9.59. The van der Waals surface area contributed by atoms with E-state index >= 15 is 0 Å². The highest BCUT2D eigenvalue weighted by molar-refractivity contribution is 7.80. The van der Waals surface area contributed by atoms with E-state index in [1.807, 2.05) is 31.2 Å². The lowest BCUT2D eigenvalue weighted by Crippen LogP contribution is -2.26. The van der Waals surface area contributed by atoms with Crippen molar-refractivity contribution in [1.82, 2.24) is 4.90 Å². The summed E-state index contributed by atoms with van der Waals surface area (Å²) in [6.45, 7) is 5.64. The van der Waals surface area contributed by atoms with Gasteiger partial charge in [-0.15, -0.1) is 0 Å². The normalized spacial score (nSPS) is 20.4. The molecule has 0 spiro atoms. The summed E-state index contributed by atoms with van der Waals surface area (Å²) in [5.74, 6) is 1.23. The Morgan fingerprint density at radius 3 is 3.05 bits per heavy atom. The molecule has 2 rings (SSSR count). The molecule has 21 heavy (non-hydrogen) atoms. The van der Waals surface area contributed by atoms with Gasteiger partial charge in [-0.1, -0.05) is 24.4 Å². The Morgan fingerprint density at radius 1 is 1.57 bits per heavy atom. The van der Waals surface area contributed by atoms with Crippen LogP contribution in [0.1, 0.15) is 25.3 Å². The molecule has 0 amide bonds. The molecule has 1 fully saturated rings. The number of hydrogen-bond donors (Lipinski definition) is 2. The van der Waals surface area contributed by atoms with Gasteiger partial charge in [0.05, 0.1) is 12.7 Å². The first-order valence-corrected chi connectivity index (χ1v) is 7.90. The van der Waals surface area contributed by atoms with Gasteiger partial charge in [-0.25, -0.2) is 0 Å². The smallest absolute Gasteiger partial charge is 0.119 e. The minimum Gasteiger partial charge on any atom is -0.494 e. The van der Waals surface area contributed by atoms with Crippen molar-refractivity contribution in [3.63, 3.8) is 0 Å². The van der Waals surface area contributed by atoms with Crippen molar-refractivity contribution < 1.29 is 9.84 Å². The second-order valence-corrected chi connectivity index (χ2v) is 6.12. The van der Waals surface area contributed by atoms with Crippen molar-refractivity contribution in [1.29, 1.82) is 0 Å². The summed E-state index contributed by atoms with van der Waals surface area (Å²) in [5, 5.41) is 9.59. The lowest BCUT2D eigenvalue weighted by molar-refractivity contribution is 0.127. The van der Waals surface area contributed by atoms with Crippen LogP contribution < -0.4 is 10.5 Å². The molecule has 1 aliphatic rings. The Kier molecular flexibility index (Phi) is 5.96. The molecule has 5 heteroatoms. The fraction of sp³-hybridized carbons (Fsp3) is 0.562. The lowest BCUT2D eigenvalue weighted by atomic mass is 10.0. The summed E-state index contributed by atoms with van der Waals surface area (Å²) in [4.78, 5) is 2.79. The summed E-state index contributed by atoms with van der Waals surface area (Å²) < 4.78 is 5.74. The van der Waals surface area contributed by atoms with Crippen molar-refractivity contribution >= 4 is 17.2 Å². The van der Waals surface area contributed by atoms with E-state index < -0.39 is 0 Å². The second kappa shape index (κ2) is 7.73. The van der Waals surface area contributed by atoms with Gasteiger partial charge in [0.15, 0.2) is 0 Å². The fourth-order valence-electron chi connectivity index (χ4n) is 2.68. The van der Waals surface area contributed by atoms with Crippen LogP contribution in [0.2, 0.25) is 0 Å². The highest BCUT2D eigenvalue weighted by Gasteiger charge is 2.25. The first kappa shape index (κ1) is 16.2. The molecule has 3 N–H and O–H groups in total. The van der Waals surface area contributed by atoms with E-state index in [1.165, 1.54) is 0 Å². The zero-order chi connectivity index (χ0) is 15.2. The van der Waals surface area contributed by atoms with Crippen LogP contribution in [-0.4, -0.2) is 47.3 Å². The fourth-order valence-corrected chi connectivity index (χ4v) is 2.80. The van der Waals surface area contributed by atoms with E-state index in [2.05, 4.69) is 4.90 Å². The Balaban J connectivity index is 1.68. The van der Waals surface area contributed by atoms with Gasteiger partial charge < -0.3 is 20.5 Å². The van der Waals surface area contributed by atoms with E-state index in [0.717, 1.165) is 43.8 Å². The molecule has 0 aromatic heterocycles. The standard InChI is InChI=1S/C16H24N2O2S/c1-12(19)14-6-8-18(11-14)7-3-9-20-15-5-2-4-13(10-15)16(17)21/h2,4-5,10,12,14,19H,3,6-9,11H2,1H3,(H2,17,21). The third kappa shape index (κ3) is 4.95. The molecule has 0 radical (unpaired) electrons. The number of nitrogens with two attached hydrogens (primary N) is 1. The minimum atomic E-state index is -0.200. The third-order valence-electron chi connectivity index (χ3n) is 4.00. The summed E-state index contributed by atoms with van der Waals surface area (Å²) in [5.41, 5.74) is 6.44. The molecule has 116 valence electrons. The van der Waals surface area contributed by atoms with Crippen LogP contribution in [0.3, 0.4) is 0 Å². The first-order chi connectivity index (χ1) is 10.1. The molecule has 0 aliphatic carbocycles. The van der Waals surface area contributed by atoms with E-state index in [1.54, 1.807) is 0 Å².